The lowest BCUT2D eigenvalue weighted by Gasteiger charge is -2.22. The highest BCUT2D eigenvalue weighted by molar-refractivity contribution is 5.73. The van der Waals surface area contributed by atoms with Gasteiger partial charge in [0.1, 0.15) is 0 Å². The Morgan fingerprint density at radius 2 is 1.75 bits per heavy atom. The van der Waals surface area contributed by atoms with Gasteiger partial charge in [-0.15, -0.1) is 13.2 Å². The van der Waals surface area contributed by atoms with E-state index >= 15 is 0 Å². The van der Waals surface area contributed by atoms with Crippen LogP contribution in [-0.4, -0.2) is 24.2 Å². The van der Waals surface area contributed by atoms with Crippen LogP contribution in [0.2, 0.25) is 0 Å². The van der Waals surface area contributed by atoms with E-state index in [1.54, 1.807) is 12.2 Å². The van der Waals surface area contributed by atoms with Crippen LogP contribution in [0, 0.1) is 5.41 Å². The van der Waals surface area contributed by atoms with E-state index < -0.39 is 0 Å². The second kappa shape index (κ2) is 6.38. The Hall–Kier alpha value is -1.33. The summed E-state index contributed by atoms with van der Waals surface area (Å²) >= 11 is 0. The van der Waals surface area contributed by atoms with Crippen LogP contribution < -0.4 is 16.6 Å². The first-order chi connectivity index (χ1) is 5.72. The minimum Gasteiger partial charge on any atom is -0.368 e. The number of nitrogens with one attached hydrogen (secondary N) is 3. The fraction of sp³-hybridized carbons (Fsp3) is 0.286. The van der Waals surface area contributed by atoms with Crippen LogP contribution >= 0.6 is 0 Å². The lowest BCUT2D eigenvalue weighted by atomic mass is 10.6. The minimum absolute atomic E-state index is 0.0984. The highest BCUT2D eigenvalue weighted by Crippen LogP contribution is 1.73. The summed E-state index contributed by atoms with van der Waals surface area (Å²) < 4.78 is 0. The van der Waals surface area contributed by atoms with E-state index in [1.807, 2.05) is 0 Å². The van der Waals surface area contributed by atoms with Crippen molar-refractivity contribution in [3.8, 4) is 0 Å². The molecule has 0 aromatic carbocycles. The second-order valence-corrected chi connectivity index (χ2v) is 2.02. The van der Waals surface area contributed by atoms with Crippen molar-refractivity contribution in [1.82, 2.24) is 16.0 Å². The molecule has 0 atom stereocenters. The molecule has 0 heterocycles. The summed E-state index contributed by atoms with van der Waals surface area (Å²) in [6, 6.07) is 0. The van der Waals surface area contributed by atoms with Gasteiger partial charge in [0.15, 0.2) is 0 Å². The lowest BCUT2D eigenvalue weighted by Crippen LogP contribution is -2.54. The summed E-state index contributed by atoms with van der Waals surface area (Å²) in [5.41, 5.74) is 10.9. The molecule has 0 saturated carbocycles. The molecular weight excluding hydrogens is 154 g/mol. The minimum atomic E-state index is -0.0984. The normalized spacial score (nSPS) is 9.00. The average molecular weight is 169 g/mol. The standard InChI is InChI=1S/C7H15N5/c1-3-5-10-12(7(8)9)11-6-4-2/h3-4,10-11H,1-2,5-6H2,(H3,8,9). The molecule has 0 amide bonds. The van der Waals surface area contributed by atoms with Crippen LogP contribution in [-0.2, 0) is 0 Å². The number of nitrogens with two attached hydrogens (primary N) is 1. The van der Waals surface area contributed by atoms with Gasteiger partial charge in [-0.3, -0.25) is 5.41 Å². The number of guanidine groups is 1. The first-order valence-corrected chi connectivity index (χ1v) is 3.55. The molecule has 0 aromatic heterocycles. The summed E-state index contributed by atoms with van der Waals surface area (Å²) in [7, 11) is 0. The third-order valence-electron chi connectivity index (χ3n) is 1.03. The molecule has 5 nitrogen and oxygen atoms in total. The monoisotopic (exact) mass is 169 g/mol. The third kappa shape index (κ3) is 4.48. The summed E-state index contributed by atoms with van der Waals surface area (Å²) in [6.45, 7) is 8.14. The van der Waals surface area contributed by atoms with Crippen LogP contribution in [0.4, 0.5) is 0 Å². The van der Waals surface area contributed by atoms with E-state index in [0.29, 0.717) is 13.1 Å². The maximum absolute atomic E-state index is 7.12. The fourth-order valence-corrected chi connectivity index (χ4v) is 0.538. The zero-order chi connectivity index (χ0) is 9.40. The summed E-state index contributed by atoms with van der Waals surface area (Å²) in [5.74, 6) is -0.0984. The topological polar surface area (TPSA) is 77.2 Å². The Morgan fingerprint density at radius 1 is 1.33 bits per heavy atom. The molecule has 5 heteroatoms. The van der Waals surface area contributed by atoms with Crippen LogP contribution in [0.25, 0.3) is 0 Å². The average Bonchev–Trinajstić information content (AvgIpc) is 2.04. The van der Waals surface area contributed by atoms with Gasteiger partial charge >= 0.3 is 0 Å². The van der Waals surface area contributed by atoms with Crippen molar-refractivity contribution in [2.24, 2.45) is 5.73 Å². The Bertz CT molecular complexity index is 153. The molecule has 12 heavy (non-hydrogen) atoms. The van der Waals surface area contributed by atoms with Crippen molar-refractivity contribution in [3.63, 3.8) is 0 Å². The van der Waals surface area contributed by atoms with Crippen LogP contribution in [0.3, 0.4) is 0 Å². The lowest BCUT2D eigenvalue weighted by molar-refractivity contribution is 0.237. The van der Waals surface area contributed by atoms with Crippen LogP contribution in [0.15, 0.2) is 25.3 Å². The zero-order valence-electron chi connectivity index (χ0n) is 7.01. The van der Waals surface area contributed by atoms with Crippen molar-refractivity contribution in [3.05, 3.63) is 25.3 Å². The Morgan fingerprint density at radius 3 is 2.00 bits per heavy atom. The van der Waals surface area contributed by atoms with Gasteiger partial charge in [-0.05, 0) is 0 Å². The van der Waals surface area contributed by atoms with E-state index in [0.717, 1.165) is 0 Å². The molecule has 0 fully saturated rings. The van der Waals surface area contributed by atoms with Gasteiger partial charge in [0.25, 0.3) is 0 Å². The number of rotatable bonds is 6. The van der Waals surface area contributed by atoms with E-state index in [2.05, 4.69) is 24.0 Å². The van der Waals surface area contributed by atoms with E-state index in [-0.39, 0.29) is 5.96 Å². The third-order valence-corrected chi connectivity index (χ3v) is 1.03. The van der Waals surface area contributed by atoms with Gasteiger partial charge in [0.2, 0.25) is 5.96 Å². The summed E-state index contributed by atoms with van der Waals surface area (Å²) in [5, 5.41) is 8.43. The molecule has 0 unspecified atom stereocenters. The SMILES string of the molecule is C=CCNN(NCC=C)C(=N)N. The molecule has 0 saturated heterocycles. The number of hydrogen-bond acceptors (Lipinski definition) is 3. The van der Waals surface area contributed by atoms with Crippen molar-refractivity contribution in [2.75, 3.05) is 13.1 Å². The highest BCUT2D eigenvalue weighted by atomic mass is 15.7. The van der Waals surface area contributed by atoms with Crippen molar-refractivity contribution >= 4 is 5.96 Å². The molecule has 0 radical (unpaired) electrons. The van der Waals surface area contributed by atoms with Gasteiger partial charge in [-0.25, -0.2) is 16.0 Å². The molecule has 0 bridgehead atoms. The van der Waals surface area contributed by atoms with Gasteiger partial charge in [-0.1, -0.05) is 12.2 Å². The molecule has 0 spiro atoms. The maximum Gasteiger partial charge on any atom is 0.218 e. The highest BCUT2D eigenvalue weighted by Gasteiger charge is 2.00. The molecule has 0 aliphatic rings. The first-order valence-electron chi connectivity index (χ1n) is 3.55. The fourth-order valence-electron chi connectivity index (χ4n) is 0.538. The molecule has 0 rings (SSSR count). The van der Waals surface area contributed by atoms with E-state index in [9.17, 15) is 0 Å². The Labute approximate surface area is 72.4 Å². The number of nitrogens with zero attached hydrogens (tertiary/aromatic N) is 1. The van der Waals surface area contributed by atoms with Crippen molar-refractivity contribution in [2.45, 2.75) is 0 Å². The molecule has 0 aromatic rings. The van der Waals surface area contributed by atoms with Gasteiger partial charge < -0.3 is 5.73 Å². The van der Waals surface area contributed by atoms with Crippen LogP contribution in [0.5, 0.6) is 0 Å². The number of hydrazine groups is 2. The molecule has 0 aliphatic heterocycles. The zero-order valence-corrected chi connectivity index (χ0v) is 7.01. The predicted octanol–water partition coefficient (Wildman–Crippen LogP) is -0.437. The Balaban J connectivity index is 3.77. The largest absolute Gasteiger partial charge is 0.368 e. The van der Waals surface area contributed by atoms with Gasteiger partial charge in [-0.2, -0.15) is 0 Å². The van der Waals surface area contributed by atoms with Crippen molar-refractivity contribution in [1.29, 1.82) is 5.41 Å². The predicted molar refractivity (Wildman–Crippen MR) is 50.2 cm³/mol. The smallest absolute Gasteiger partial charge is 0.218 e. The Kier molecular flexibility index (Phi) is 5.68. The maximum atomic E-state index is 7.12. The molecule has 5 N–H and O–H groups in total. The van der Waals surface area contributed by atoms with E-state index in [4.69, 9.17) is 11.1 Å². The van der Waals surface area contributed by atoms with Crippen LogP contribution in [0.1, 0.15) is 0 Å². The van der Waals surface area contributed by atoms with Gasteiger partial charge in [0, 0.05) is 13.1 Å². The summed E-state index contributed by atoms with van der Waals surface area (Å²) in [4.78, 5) is 0. The first kappa shape index (κ1) is 10.7. The molecular formula is C7H15N5. The van der Waals surface area contributed by atoms with E-state index in [1.165, 1.54) is 5.12 Å². The quantitative estimate of drug-likeness (QED) is 0.188. The summed E-state index contributed by atoms with van der Waals surface area (Å²) in [6.07, 6.45) is 3.34. The second-order valence-electron chi connectivity index (χ2n) is 2.02. The molecule has 0 aliphatic carbocycles. The van der Waals surface area contributed by atoms with Gasteiger partial charge in [0.05, 0.1) is 0 Å². The van der Waals surface area contributed by atoms with Crippen molar-refractivity contribution < 1.29 is 0 Å². The number of hydrogen-bond donors (Lipinski definition) is 4. The molecule has 68 valence electrons.